The minimum atomic E-state index is 0.370. The average molecular weight is 453 g/mol. The molecule has 0 spiro atoms. The van der Waals surface area contributed by atoms with Crippen molar-refractivity contribution in [1.82, 2.24) is 19.9 Å². The summed E-state index contributed by atoms with van der Waals surface area (Å²) in [6, 6.07) is 15.9. The number of aromatic nitrogens is 3. The van der Waals surface area contributed by atoms with E-state index in [1.807, 2.05) is 48.7 Å². The number of likely N-dealkylation sites (tertiary alicyclic amines) is 1. The van der Waals surface area contributed by atoms with Gasteiger partial charge in [-0.2, -0.15) is 0 Å². The van der Waals surface area contributed by atoms with Crippen LogP contribution in [0.1, 0.15) is 30.2 Å². The van der Waals surface area contributed by atoms with Crippen LogP contribution in [0.3, 0.4) is 0 Å². The zero-order valence-corrected chi connectivity index (χ0v) is 19.3. The molecule has 1 aliphatic rings. The van der Waals surface area contributed by atoms with Crippen molar-refractivity contribution in [2.75, 3.05) is 26.7 Å². The van der Waals surface area contributed by atoms with Crippen LogP contribution in [-0.4, -0.2) is 46.6 Å². The Bertz CT molecular complexity index is 1230. The quantitative estimate of drug-likeness (QED) is 0.358. The molecule has 172 valence electrons. The molecule has 4 aromatic rings. The van der Waals surface area contributed by atoms with Gasteiger partial charge in [-0.15, -0.1) is 0 Å². The van der Waals surface area contributed by atoms with Crippen molar-refractivity contribution in [3.8, 4) is 28.3 Å². The zero-order chi connectivity index (χ0) is 23.2. The molecule has 0 atom stereocenters. The lowest BCUT2D eigenvalue weighted by molar-refractivity contribution is 0.231. The molecule has 6 heteroatoms. The summed E-state index contributed by atoms with van der Waals surface area (Å²) in [5.74, 6) is 2.84. The minimum absolute atomic E-state index is 0.370. The molecule has 0 radical (unpaired) electrons. The Balaban J connectivity index is 1.38. The molecule has 34 heavy (non-hydrogen) atoms. The normalized spacial score (nSPS) is 15.1. The first-order chi connectivity index (χ1) is 16.8. The fourth-order valence-electron chi connectivity index (χ4n) is 4.45. The molecule has 0 amide bonds. The molecule has 0 saturated carbocycles. The third kappa shape index (κ3) is 5.07. The highest BCUT2D eigenvalue weighted by molar-refractivity contribution is 5.69. The summed E-state index contributed by atoms with van der Waals surface area (Å²) in [5.41, 5.74) is 4.25. The summed E-state index contributed by atoms with van der Waals surface area (Å²) < 4.78 is 10.9. The van der Waals surface area contributed by atoms with Crippen LogP contribution in [0.15, 0.2) is 83.9 Å². The topological polar surface area (TPSA) is 64.3 Å². The Labute approximate surface area is 200 Å². The predicted octanol–water partition coefficient (Wildman–Crippen LogP) is 5.70. The number of hydrogen-bond acceptors (Lipinski definition) is 6. The number of nitrogens with zero attached hydrogens (tertiary/aromatic N) is 4. The number of furan rings is 1. The number of rotatable bonds is 7. The second-order valence-corrected chi connectivity index (χ2v) is 8.45. The zero-order valence-electron chi connectivity index (χ0n) is 19.3. The summed E-state index contributed by atoms with van der Waals surface area (Å²) in [4.78, 5) is 16.4. The number of hydrogen-bond donors (Lipinski definition) is 0. The van der Waals surface area contributed by atoms with E-state index in [0.29, 0.717) is 5.92 Å². The van der Waals surface area contributed by atoms with E-state index < -0.39 is 0 Å². The lowest BCUT2D eigenvalue weighted by atomic mass is 9.88. The second kappa shape index (κ2) is 10.4. The third-order valence-corrected chi connectivity index (χ3v) is 6.30. The fourth-order valence-corrected chi connectivity index (χ4v) is 4.45. The fraction of sp³-hybridized carbons (Fsp3) is 0.250. The highest BCUT2D eigenvalue weighted by atomic mass is 16.5. The number of methoxy groups -OCH3 is 1. The Hall–Kier alpha value is -3.77. The molecule has 0 bridgehead atoms. The minimum Gasteiger partial charge on any atom is -0.497 e. The molecule has 0 unspecified atom stereocenters. The van der Waals surface area contributed by atoms with E-state index in [1.165, 1.54) is 0 Å². The van der Waals surface area contributed by atoms with Gasteiger partial charge in [0, 0.05) is 42.2 Å². The van der Waals surface area contributed by atoms with Crippen LogP contribution in [0.5, 0.6) is 5.75 Å². The van der Waals surface area contributed by atoms with Gasteiger partial charge in [0.25, 0.3) is 0 Å². The van der Waals surface area contributed by atoms with E-state index >= 15 is 0 Å². The molecule has 1 aliphatic heterocycles. The molecule has 1 saturated heterocycles. The standard InChI is InChI=1S/C28H28N4O2/c1-33-25-6-2-5-23(19-25)26-20-30-28(22-9-13-29-14-10-22)31-27(26)21-11-16-32(17-12-21)15-3-7-24-8-4-18-34-24/h2-10,13-14,18-21H,11-12,15-17H2,1H3/b7-3+. The highest BCUT2D eigenvalue weighted by Crippen LogP contribution is 2.36. The van der Waals surface area contributed by atoms with Crippen LogP contribution < -0.4 is 4.74 Å². The number of ether oxygens (including phenoxy) is 1. The van der Waals surface area contributed by atoms with Gasteiger partial charge in [0.05, 0.1) is 19.1 Å². The maximum atomic E-state index is 5.47. The van der Waals surface area contributed by atoms with Crippen molar-refractivity contribution in [3.63, 3.8) is 0 Å². The van der Waals surface area contributed by atoms with Crippen LogP contribution >= 0.6 is 0 Å². The predicted molar refractivity (Wildman–Crippen MR) is 133 cm³/mol. The lowest BCUT2D eigenvalue weighted by Crippen LogP contribution is -2.33. The van der Waals surface area contributed by atoms with E-state index in [-0.39, 0.29) is 0 Å². The number of pyridine rings is 1. The van der Waals surface area contributed by atoms with Gasteiger partial charge in [-0.05, 0) is 74.0 Å². The van der Waals surface area contributed by atoms with Crippen molar-refractivity contribution in [2.45, 2.75) is 18.8 Å². The van der Waals surface area contributed by atoms with Gasteiger partial charge < -0.3 is 9.15 Å². The SMILES string of the molecule is COc1cccc(-c2cnc(-c3ccncc3)nc2C2CCN(C/C=C/c3ccco3)CC2)c1. The van der Waals surface area contributed by atoms with Crippen LogP contribution in [0.4, 0.5) is 0 Å². The van der Waals surface area contributed by atoms with E-state index in [2.05, 4.69) is 28.1 Å². The van der Waals surface area contributed by atoms with Gasteiger partial charge >= 0.3 is 0 Å². The van der Waals surface area contributed by atoms with E-state index in [4.69, 9.17) is 19.1 Å². The molecule has 4 heterocycles. The summed E-state index contributed by atoms with van der Waals surface area (Å²) in [7, 11) is 1.69. The molecule has 5 rings (SSSR count). The second-order valence-electron chi connectivity index (χ2n) is 8.45. The maximum Gasteiger partial charge on any atom is 0.159 e. The first-order valence-electron chi connectivity index (χ1n) is 11.6. The first kappa shape index (κ1) is 22.0. The first-order valence-corrected chi connectivity index (χ1v) is 11.6. The van der Waals surface area contributed by atoms with Crippen LogP contribution in [0, 0.1) is 0 Å². The van der Waals surface area contributed by atoms with Crippen molar-refractivity contribution >= 4 is 6.08 Å². The Morgan fingerprint density at radius 2 is 1.91 bits per heavy atom. The van der Waals surface area contributed by atoms with Crippen molar-refractivity contribution in [1.29, 1.82) is 0 Å². The van der Waals surface area contributed by atoms with Gasteiger partial charge in [-0.1, -0.05) is 18.2 Å². The third-order valence-electron chi connectivity index (χ3n) is 6.30. The number of benzene rings is 1. The summed E-state index contributed by atoms with van der Waals surface area (Å²) in [5, 5.41) is 0. The molecule has 1 aromatic carbocycles. The van der Waals surface area contributed by atoms with Crippen LogP contribution in [-0.2, 0) is 0 Å². The largest absolute Gasteiger partial charge is 0.497 e. The van der Waals surface area contributed by atoms with Crippen LogP contribution in [0.25, 0.3) is 28.6 Å². The maximum absolute atomic E-state index is 5.47. The van der Waals surface area contributed by atoms with Crippen molar-refractivity contribution < 1.29 is 9.15 Å². The monoisotopic (exact) mass is 452 g/mol. The molecule has 0 N–H and O–H groups in total. The van der Waals surface area contributed by atoms with Crippen molar-refractivity contribution in [3.05, 3.63) is 90.9 Å². The molecule has 1 fully saturated rings. The average Bonchev–Trinajstić information content (AvgIpc) is 3.43. The van der Waals surface area contributed by atoms with Gasteiger partial charge in [0.1, 0.15) is 11.5 Å². The van der Waals surface area contributed by atoms with E-state index in [1.54, 1.807) is 25.8 Å². The highest BCUT2D eigenvalue weighted by Gasteiger charge is 2.25. The van der Waals surface area contributed by atoms with E-state index in [0.717, 1.165) is 72.2 Å². The van der Waals surface area contributed by atoms with Crippen LogP contribution in [0.2, 0.25) is 0 Å². The Morgan fingerprint density at radius 3 is 2.68 bits per heavy atom. The van der Waals surface area contributed by atoms with Crippen molar-refractivity contribution in [2.24, 2.45) is 0 Å². The van der Waals surface area contributed by atoms with Gasteiger partial charge in [0.15, 0.2) is 5.82 Å². The van der Waals surface area contributed by atoms with Gasteiger partial charge in [-0.25, -0.2) is 9.97 Å². The Kier molecular flexibility index (Phi) is 6.77. The lowest BCUT2D eigenvalue weighted by Gasteiger charge is -2.31. The smallest absolute Gasteiger partial charge is 0.159 e. The summed E-state index contributed by atoms with van der Waals surface area (Å²) >= 11 is 0. The molecular formula is C28H28N4O2. The summed E-state index contributed by atoms with van der Waals surface area (Å²) in [6.45, 7) is 2.97. The van der Waals surface area contributed by atoms with E-state index in [9.17, 15) is 0 Å². The van der Waals surface area contributed by atoms with Gasteiger partial charge in [0.2, 0.25) is 0 Å². The molecule has 6 nitrogen and oxygen atoms in total. The molecule has 3 aromatic heterocycles. The summed E-state index contributed by atoms with van der Waals surface area (Å²) in [6.07, 6.45) is 13.5. The Morgan fingerprint density at radius 1 is 1.06 bits per heavy atom. The number of piperidine rings is 1. The van der Waals surface area contributed by atoms with Gasteiger partial charge in [-0.3, -0.25) is 9.88 Å². The molecule has 0 aliphatic carbocycles. The molecular weight excluding hydrogens is 424 g/mol.